The van der Waals surface area contributed by atoms with Gasteiger partial charge in [-0.05, 0) is 66.2 Å². The van der Waals surface area contributed by atoms with Crippen LogP contribution in [0.15, 0.2) is 66.7 Å². The van der Waals surface area contributed by atoms with Gasteiger partial charge in [0.05, 0.1) is 12.1 Å². The third kappa shape index (κ3) is 4.08. The SMILES string of the molecule is O=C1CC(N(Cc2ccc3c(c2)OCO3)C(=O)c2ccc(F)cc2)C(=O)N1c1ccc(Cl)cc1. The van der Waals surface area contributed by atoms with Gasteiger partial charge in [0.1, 0.15) is 11.9 Å². The number of rotatable bonds is 5. The first-order chi connectivity index (χ1) is 16.4. The molecule has 0 aromatic heterocycles. The molecule has 0 radical (unpaired) electrons. The number of anilines is 1. The van der Waals surface area contributed by atoms with Gasteiger partial charge in [0.2, 0.25) is 12.7 Å². The van der Waals surface area contributed by atoms with Crippen molar-refractivity contribution in [1.82, 2.24) is 4.90 Å². The lowest BCUT2D eigenvalue weighted by Crippen LogP contribution is -2.45. The summed E-state index contributed by atoms with van der Waals surface area (Å²) >= 11 is 5.93. The van der Waals surface area contributed by atoms with Gasteiger partial charge in [-0.3, -0.25) is 14.4 Å². The summed E-state index contributed by atoms with van der Waals surface area (Å²) in [6.07, 6.45) is -0.182. The van der Waals surface area contributed by atoms with E-state index in [-0.39, 0.29) is 25.3 Å². The van der Waals surface area contributed by atoms with E-state index in [1.807, 2.05) is 0 Å². The molecule has 3 amide bonds. The van der Waals surface area contributed by atoms with Crippen molar-refractivity contribution < 1.29 is 28.2 Å². The molecule has 2 heterocycles. The van der Waals surface area contributed by atoms with Gasteiger partial charge in [-0.15, -0.1) is 0 Å². The largest absolute Gasteiger partial charge is 0.454 e. The molecule has 3 aromatic rings. The number of imide groups is 1. The van der Waals surface area contributed by atoms with Crippen LogP contribution in [0.1, 0.15) is 22.3 Å². The Morgan fingerprint density at radius 3 is 2.44 bits per heavy atom. The Kier molecular flexibility index (Phi) is 5.67. The van der Waals surface area contributed by atoms with E-state index in [0.717, 1.165) is 4.90 Å². The second-order valence-electron chi connectivity index (χ2n) is 7.89. The van der Waals surface area contributed by atoms with Crippen LogP contribution in [0.3, 0.4) is 0 Å². The minimum Gasteiger partial charge on any atom is -0.454 e. The van der Waals surface area contributed by atoms with E-state index in [2.05, 4.69) is 0 Å². The maximum absolute atomic E-state index is 13.5. The first kappa shape index (κ1) is 21.9. The van der Waals surface area contributed by atoms with Crippen LogP contribution in [-0.4, -0.2) is 35.5 Å². The molecule has 3 aromatic carbocycles. The van der Waals surface area contributed by atoms with Crippen LogP contribution in [0.2, 0.25) is 5.02 Å². The highest BCUT2D eigenvalue weighted by Gasteiger charge is 2.44. The highest BCUT2D eigenvalue weighted by molar-refractivity contribution is 6.31. The standard InChI is InChI=1S/C25H18ClFN2O5/c26-17-4-8-19(9-5-17)29-23(30)12-20(25(29)32)28(24(31)16-2-6-18(27)7-3-16)13-15-1-10-21-22(11-15)34-14-33-21/h1-11,20H,12-14H2. The van der Waals surface area contributed by atoms with Crippen molar-refractivity contribution in [3.63, 3.8) is 0 Å². The van der Waals surface area contributed by atoms with Gasteiger partial charge in [-0.2, -0.15) is 0 Å². The summed E-state index contributed by atoms with van der Waals surface area (Å²) in [4.78, 5) is 42.1. The lowest BCUT2D eigenvalue weighted by Gasteiger charge is -2.28. The van der Waals surface area contributed by atoms with Crippen LogP contribution in [0.4, 0.5) is 10.1 Å². The van der Waals surface area contributed by atoms with Crippen molar-refractivity contribution in [2.75, 3.05) is 11.7 Å². The number of carbonyl (C=O) groups is 3. The minimum absolute atomic E-state index is 0.0327. The Bertz CT molecular complexity index is 1280. The Labute approximate surface area is 199 Å². The topological polar surface area (TPSA) is 76.1 Å². The van der Waals surface area contributed by atoms with Gasteiger partial charge in [-0.1, -0.05) is 17.7 Å². The molecule has 0 saturated carbocycles. The van der Waals surface area contributed by atoms with Crippen molar-refractivity contribution in [3.8, 4) is 11.5 Å². The lowest BCUT2D eigenvalue weighted by molar-refractivity contribution is -0.122. The molecule has 172 valence electrons. The number of fused-ring (bicyclic) bond motifs is 1. The zero-order chi connectivity index (χ0) is 23.8. The van der Waals surface area contributed by atoms with Gasteiger partial charge >= 0.3 is 0 Å². The quantitative estimate of drug-likeness (QED) is 0.512. The number of benzene rings is 3. The second kappa shape index (κ2) is 8.79. The van der Waals surface area contributed by atoms with Gasteiger partial charge < -0.3 is 14.4 Å². The van der Waals surface area contributed by atoms with Crippen molar-refractivity contribution in [2.45, 2.75) is 19.0 Å². The van der Waals surface area contributed by atoms with E-state index >= 15 is 0 Å². The zero-order valence-corrected chi connectivity index (χ0v) is 18.5. The fraction of sp³-hybridized carbons (Fsp3) is 0.160. The molecule has 2 aliphatic rings. The number of hydrogen-bond donors (Lipinski definition) is 0. The molecule has 1 unspecified atom stereocenters. The predicted octanol–water partition coefficient (Wildman–Crippen LogP) is 4.18. The Morgan fingerprint density at radius 2 is 1.71 bits per heavy atom. The van der Waals surface area contributed by atoms with E-state index in [1.165, 1.54) is 29.2 Å². The Balaban J connectivity index is 1.49. The average Bonchev–Trinajstić information content (AvgIpc) is 3.41. The van der Waals surface area contributed by atoms with Gasteiger partial charge in [0.25, 0.3) is 11.8 Å². The summed E-state index contributed by atoms with van der Waals surface area (Å²) in [7, 11) is 0. The molecule has 9 heteroatoms. The number of amides is 3. The fourth-order valence-corrected chi connectivity index (χ4v) is 4.16. The third-order valence-electron chi connectivity index (χ3n) is 5.73. The molecule has 2 aliphatic heterocycles. The van der Waals surface area contributed by atoms with E-state index in [9.17, 15) is 18.8 Å². The smallest absolute Gasteiger partial charge is 0.257 e. The Morgan fingerprint density at radius 1 is 1.00 bits per heavy atom. The van der Waals surface area contributed by atoms with Crippen molar-refractivity contribution >= 4 is 35.0 Å². The zero-order valence-electron chi connectivity index (χ0n) is 17.7. The van der Waals surface area contributed by atoms with Crippen LogP contribution < -0.4 is 14.4 Å². The van der Waals surface area contributed by atoms with Crippen LogP contribution >= 0.6 is 11.6 Å². The number of hydrogen-bond acceptors (Lipinski definition) is 5. The summed E-state index contributed by atoms with van der Waals surface area (Å²) in [5, 5.41) is 0.468. The third-order valence-corrected chi connectivity index (χ3v) is 5.98. The van der Waals surface area contributed by atoms with Crippen LogP contribution in [0, 0.1) is 5.82 Å². The second-order valence-corrected chi connectivity index (χ2v) is 8.33. The van der Waals surface area contributed by atoms with E-state index < -0.39 is 29.6 Å². The molecule has 1 saturated heterocycles. The van der Waals surface area contributed by atoms with Crippen molar-refractivity contribution in [2.24, 2.45) is 0 Å². The number of ether oxygens (including phenoxy) is 2. The summed E-state index contributed by atoms with van der Waals surface area (Å²) in [6, 6.07) is 15.5. The van der Waals surface area contributed by atoms with Crippen molar-refractivity contribution in [3.05, 3.63) is 88.7 Å². The maximum atomic E-state index is 13.5. The number of nitrogens with zero attached hydrogens (tertiary/aromatic N) is 2. The summed E-state index contributed by atoms with van der Waals surface area (Å²) in [5.74, 6) is -0.824. The first-order valence-electron chi connectivity index (χ1n) is 10.5. The number of halogens is 2. The highest BCUT2D eigenvalue weighted by Crippen LogP contribution is 2.34. The molecule has 5 rings (SSSR count). The van der Waals surface area contributed by atoms with E-state index in [4.69, 9.17) is 21.1 Å². The van der Waals surface area contributed by atoms with Crippen LogP contribution in [0.5, 0.6) is 11.5 Å². The van der Waals surface area contributed by atoms with Crippen LogP contribution in [0.25, 0.3) is 0 Å². The van der Waals surface area contributed by atoms with Gasteiger partial charge in [0.15, 0.2) is 11.5 Å². The first-order valence-corrected chi connectivity index (χ1v) is 10.9. The Hall–Kier alpha value is -3.91. The fourth-order valence-electron chi connectivity index (χ4n) is 4.04. The minimum atomic E-state index is -1.04. The molecule has 34 heavy (non-hydrogen) atoms. The molecular formula is C25H18ClFN2O5. The molecule has 1 fully saturated rings. The molecule has 0 N–H and O–H groups in total. The molecule has 7 nitrogen and oxygen atoms in total. The van der Waals surface area contributed by atoms with Gasteiger partial charge in [-0.25, -0.2) is 9.29 Å². The van der Waals surface area contributed by atoms with E-state index in [1.54, 1.807) is 42.5 Å². The molecule has 1 atom stereocenters. The average molecular weight is 481 g/mol. The van der Waals surface area contributed by atoms with Crippen molar-refractivity contribution in [1.29, 1.82) is 0 Å². The van der Waals surface area contributed by atoms with E-state index in [0.29, 0.717) is 27.8 Å². The molecule has 0 spiro atoms. The highest BCUT2D eigenvalue weighted by atomic mass is 35.5. The molecule has 0 aliphatic carbocycles. The van der Waals surface area contributed by atoms with Gasteiger partial charge in [0, 0.05) is 17.1 Å². The predicted molar refractivity (Wildman–Crippen MR) is 121 cm³/mol. The summed E-state index contributed by atoms with van der Waals surface area (Å²) in [6.45, 7) is 0.133. The number of carbonyl (C=O) groups excluding carboxylic acids is 3. The molecule has 0 bridgehead atoms. The summed E-state index contributed by atoms with van der Waals surface area (Å²) < 4.78 is 24.2. The van der Waals surface area contributed by atoms with Crippen LogP contribution in [-0.2, 0) is 16.1 Å². The maximum Gasteiger partial charge on any atom is 0.257 e. The lowest BCUT2D eigenvalue weighted by atomic mass is 10.1. The monoisotopic (exact) mass is 480 g/mol. The summed E-state index contributed by atoms with van der Waals surface area (Å²) in [5.41, 5.74) is 1.26. The molecular weight excluding hydrogens is 463 g/mol. The normalized spacial score (nSPS) is 16.8.